The van der Waals surface area contributed by atoms with Crippen LogP contribution in [-0.2, 0) is 0 Å². The van der Waals surface area contributed by atoms with Crippen LogP contribution in [0.3, 0.4) is 0 Å². The van der Waals surface area contributed by atoms with Crippen LogP contribution in [-0.4, -0.2) is 19.2 Å². The maximum absolute atomic E-state index is 6.12. The average Bonchev–Trinajstić information content (AvgIpc) is 2.22. The van der Waals surface area contributed by atoms with Gasteiger partial charge in [0.15, 0.2) is 0 Å². The van der Waals surface area contributed by atoms with E-state index in [0.717, 1.165) is 12.2 Å². The molecule has 0 radical (unpaired) electrons. The molecule has 17 heavy (non-hydrogen) atoms. The number of hydrogen-bond donors (Lipinski definition) is 1. The van der Waals surface area contributed by atoms with Crippen LogP contribution in [0.2, 0.25) is 0 Å². The van der Waals surface area contributed by atoms with Crippen molar-refractivity contribution in [2.75, 3.05) is 7.05 Å². The summed E-state index contributed by atoms with van der Waals surface area (Å²) in [5, 5.41) is 3.35. The summed E-state index contributed by atoms with van der Waals surface area (Å²) in [5.41, 5.74) is 2.75. The highest BCUT2D eigenvalue weighted by atomic mass is 16.5. The van der Waals surface area contributed by atoms with Crippen molar-refractivity contribution in [2.45, 2.75) is 46.3 Å². The van der Waals surface area contributed by atoms with E-state index in [2.05, 4.69) is 51.2 Å². The third-order valence-corrected chi connectivity index (χ3v) is 4.00. The highest BCUT2D eigenvalue weighted by Gasteiger charge is 2.49. The van der Waals surface area contributed by atoms with Crippen molar-refractivity contribution in [3.05, 3.63) is 29.3 Å². The number of hydrogen-bond acceptors (Lipinski definition) is 2. The molecule has 94 valence electrons. The first-order chi connectivity index (χ1) is 7.93. The van der Waals surface area contributed by atoms with Gasteiger partial charge in [0, 0.05) is 17.9 Å². The molecule has 0 spiro atoms. The summed E-state index contributed by atoms with van der Waals surface area (Å²) < 4.78 is 6.12. The van der Waals surface area contributed by atoms with Crippen molar-refractivity contribution in [2.24, 2.45) is 5.41 Å². The number of ether oxygens (including phenoxy) is 1. The Morgan fingerprint density at radius 3 is 2.24 bits per heavy atom. The summed E-state index contributed by atoms with van der Waals surface area (Å²) in [6.45, 7) is 8.76. The van der Waals surface area contributed by atoms with Crippen molar-refractivity contribution < 1.29 is 4.74 Å². The summed E-state index contributed by atoms with van der Waals surface area (Å²) in [6, 6.07) is 6.99. The second kappa shape index (κ2) is 4.34. The monoisotopic (exact) mass is 233 g/mol. The topological polar surface area (TPSA) is 21.3 Å². The molecule has 0 bridgehead atoms. The van der Waals surface area contributed by atoms with Gasteiger partial charge in [-0.2, -0.15) is 0 Å². The Morgan fingerprint density at radius 1 is 1.18 bits per heavy atom. The van der Waals surface area contributed by atoms with Gasteiger partial charge < -0.3 is 10.1 Å². The van der Waals surface area contributed by atoms with Crippen LogP contribution in [0, 0.1) is 19.3 Å². The van der Waals surface area contributed by atoms with Crippen LogP contribution in [0.4, 0.5) is 0 Å². The van der Waals surface area contributed by atoms with Crippen LogP contribution >= 0.6 is 0 Å². The fourth-order valence-electron chi connectivity index (χ4n) is 2.74. The zero-order valence-electron chi connectivity index (χ0n) is 11.5. The minimum Gasteiger partial charge on any atom is -0.490 e. The van der Waals surface area contributed by atoms with Gasteiger partial charge in [-0.15, -0.1) is 0 Å². The molecule has 2 atom stereocenters. The molecule has 1 aromatic carbocycles. The normalized spacial score (nSPS) is 26.4. The second-order valence-electron chi connectivity index (χ2n) is 5.83. The zero-order valence-corrected chi connectivity index (χ0v) is 11.5. The molecule has 0 aromatic heterocycles. The lowest BCUT2D eigenvalue weighted by Gasteiger charge is -2.51. The van der Waals surface area contributed by atoms with E-state index >= 15 is 0 Å². The van der Waals surface area contributed by atoms with Crippen LogP contribution in [0.25, 0.3) is 0 Å². The quantitative estimate of drug-likeness (QED) is 0.866. The molecule has 2 rings (SSSR count). The molecule has 0 heterocycles. The van der Waals surface area contributed by atoms with Gasteiger partial charge in [0.05, 0.1) is 0 Å². The van der Waals surface area contributed by atoms with Crippen LogP contribution in [0.15, 0.2) is 18.2 Å². The van der Waals surface area contributed by atoms with Gasteiger partial charge in [0.25, 0.3) is 0 Å². The molecule has 0 amide bonds. The summed E-state index contributed by atoms with van der Waals surface area (Å²) in [6.07, 6.45) is 1.41. The van der Waals surface area contributed by atoms with Gasteiger partial charge in [-0.3, -0.25) is 0 Å². The SMILES string of the molecule is CNC1CC(Oc2cc(C)cc(C)c2)C1(C)C. The Kier molecular flexibility index (Phi) is 3.17. The largest absolute Gasteiger partial charge is 0.490 e. The van der Waals surface area contributed by atoms with Crippen molar-refractivity contribution in [1.82, 2.24) is 5.32 Å². The smallest absolute Gasteiger partial charge is 0.120 e. The van der Waals surface area contributed by atoms with E-state index in [1.807, 2.05) is 7.05 Å². The Balaban J connectivity index is 2.08. The van der Waals surface area contributed by atoms with Crippen molar-refractivity contribution >= 4 is 0 Å². The van der Waals surface area contributed by atoms with E-state index < -0.39 is 0 Å². The van der Waals surface area contributed by atoms with Gasteiger partial charge in [-0.05, 0) is 44.2 Å². The molecule has 1 aliphatic rings. The van der Waals surface area contributed by atoms with Crippen molar-refractivity contribution in [3.63, 3.8) is 0 Å². The number of benzene rings is 1. The average molecular weight is 233 g/mol. The van der Waals surface area contributed by atoms with E-state index in [0.29, 0.717) is 12.1 Å². The lowest BCUT2D eigenvalue weighted by Crippen LogP contribution is -2.61. The Bertz CT molecular complexity index is 391. The number of aryl methyl sites for hydroxylation is 2. The maximum Gasteiger partial charge on any atom is 0.120 e. The predicted octanol–water partition coefficient (Wildman–Crippen LogP) is 3.07. The highest BCUT2D eigenvalue weighted by molar-refractivity contribution is 5.33. The standard InChI is InChI=1S/C15H23NO/c1-10-6-11(2)8-12(7-10)17-14-9-13(16-5)15(14,3)4/h6-8,13-14,16H,9H2,1-5H3. The van der Waals surface area contributed by atoms with Gasteiger partial charge in [-0.1, -0.05) is 19.9 Å². The minimum absolute atomic E-state index is 0.215. The summed E-state index contributed by atoms with van der Waals surface area (Å²) in [4.78, 5) is 0. The van der Waals surface area contributed by atoms with Gasteiger partial charge in [0.1, 0.15) is 11.9 Å². The molecule has 1 aromatic rings. The van der Waals surface area contributed by atoms with Crippen LogP contribution in [0.5, 0.6) is 5.75 Å². The third-order valence-electron chi connectivity index (χ3n) is 4.00. The third kappa shape index (κ3) is 2.32. The lowest BCUT2D eigenvalue weighted by atomic mass is 9.64. The minimum atomic E-state index is 0.215. The van der Waals surface area contributed by atoms with Crippen molar-refractivity contribution in [1.29, 1.82) is 0 Å². The Labute approximate surface area is 104 Å². The molecule has 2 unspecified atom stereocenters. The molecule has 1 aliphatic carbocycles. The Hall–Kier alpha value is -1.02. The van der Waals surface area contributed by atoms with Crippen molar-refractivity contribution in [3.8, 4) is 5.75 Å². The summed E-state index contributed by atoms with van der Waals surface area (Å²) in [5.74, 6) is 1.01. The first kappa shape index (κ1) is 12.4. The second-order valence-corrected chi connectivity index (χ2v) is 5.83. The predicted molar refractivity (Wildman–Crippen MR) is 71.6 cm³/mol. The Morgan fingerprint density at radius 2 is 1.76 bits per heavy atom. The van der Waals surface area contributed by atoms with E-state index in [-0.39, 0.29) is 5.41 Å². The van der Waals surface area contributed by atoms with Gasteiger partial charge >= 0.3 is 0 Å². The number of nitrogens with one attached hydrogen (secondary N) is 1. The molecule has 1 fully saturated rings. The lowest BCUT2D eigenvalue weighted by molar-refractivity contribution is -0.0521. The van der Waals surface area contributed by atoms with E-state index in [1.165, 1.54) is 11.1 Å². The molecule has 1 N–H and O–H groups in total. The van der Waals surface area contributed by atoms with E-state index in [1.54, 1.807) is 0 Å². The molecular weight excluding hydrogens is 210 g/mol. The number of rotatable bonds is 3. The summed E-state index contributed by atoms with van der Waals surface area (Å²) in [7, 11) is 2.03. The molecule has 0 saturated heterocycles. The van der Waals surface area contributed by atoms with Crippen LogP contribution in [0.1, 0.15) is 31.4 Å². The van der Waals surface area contributed by atoms with E-state index in [9.17, 15) is 0 Å². The van der Waals surface area contributed by atoms with Gasteiger partial charge in [0.2, 0.25) is 0 Å². The fourth-order valence-corrected chi connectivity index (χ4v) is 2.74. The zero-order chi connectivity index (χ0) is 12.6. The first-order valence-corrected chi connectivity index (χ1v) is 6.35. The molecule has 1 saturated carbocycles. The summed E-state index contributed by atoms with van der Waals surface area (Å²) >= 11 is 0. The molecule has 2 heteroatoms. The van der Waals surface area contributed by atoms with E-state index in [4.69, 9.17) is 4.74 Å². The molecule has 0 aliphatic heterocycles. The molecule has 2 nitrogen and oxygen atoms in total. The maximum atomic E-state index is 6.12. The van der Waals surface area contributed by atoms with Crippen LogP contribution < -0.4 is 10.1 Å². The first-order valence-electron chi connectivity index (χ1n) is 6.35. The van der Waals surface area contributed by atoms with Gasteiger partial charge in [-0.25, -0.2) is 0 Å². The highest BCUT2D eigenvalue weighted by Crippen LogP contribution is 2.42. The molecular formula is C15H23NO. The fraction of sp³-hybridized carbons (Fsp3) is 0.600.